The number of esters is 1. The highest BCUT2D eigenvalue weighted by atomic mass is 16.7. The Bertz CT molecular complexity index is 1660. The lowest BCUT2D eigenvalue weighted by Gasteiger charge is -2.41. The van der Waals surface area contributed by atoms with Crippen LogP contribution in [0, 0.1) is 0 Å². The molecule has 10 heteroatoms. The molecule has 4 unspecified atom stereocenters. The van der Waals surface area contributed by atoms with Crippen LogP contribution in [0.15, 0.2) is 109 Å². The molecule has 0 aromatic heterocycles. The van der Waals surface area contributed by atoms with Crippen LogP contribution < -0.4 is 10.6 Å². The van der Waals surface area contributed by atoms with Crippen molar-refractivity contribution < 1.29 is 28.9 Å². The van der Waals surface area contributed by atoms with Crippen molar-refractivity contribution in [2.24, 2.45) is 0 Å². The van der Waals surface area contributed by atoms with Crippen LogP contribution in [0.4, 0.5) is 10.5 Å². The van der Waals surface area contributed by atoms with E-state index in [9.17, 15) is 14.7 Å². The van der Waals surface area contributed by atoms with Crippen LogP contribution in [0.3, 0.4) is 0 Å². The summed E-state index contributed by atoms with van der Waals surface area (Å²) in [6.07, 6.45) is 0.0201. The van der Waals surface area contributed by atoms with Crippen molar-refractivity contribution >= 4 is 17.7 Å². The smallest absolute Gasteiger partial charge is 0.328 e. The summed E-state index contributed by atoms with van der Waals surface area (Å²) in [5.74, 6) is -0.525. The number of nitrogens with one attached hydrogen (secondary N) is 2. The quantitative estimate of drug-likeness (QED) is 0.170. The molecular weight excluding hydrogens is 632 g/mol. The van der Waals surface area contributed by atoms with E-state index in [-0.39, 0.29) is 18.8 Å². The van der Waals surface area contributed by atoms with Crippen LogP contribution in [-0.4, -0.2) is 78.9 Å². The van der Waals surface area contributed by atoms with E-state index in [1.54, 1.807) is 6.07 Å². The summed E-state index contributed by atoms with van der Waals surface area (Å²) in [7, 11) is 1.31. The van der Waals surface area contributed by atoms with Gasteiger partial charge >= 0.3 is 12.0 Å². The SMILES string of the molecule is COC(=O)C(Cc1ccccc1)NC(=O)Nc1cccc(C2OC(CN3CCN(Cc4ccccc4)CC3)CC(c3ccc(CO)cc3)O2)c1. The second kappa shape index (κ2) is 17.4. The van der Waals surface area contributed by atoms with Crippen molar-refractivity contribution in [3.8, 4) is 0 Å². The Balaban J connectivity index is 1.12. The van der Waals surface area contributed by atoms with Crippen molar-refractivity contribution in [2.45, 2.75) is 50.5 Å². The third-order valence-electron chi connectivity index (χ3n) is 9.28. The molecule has 2 heterocycles. The first-order valence-electron chi connectivity index (χ1n) is 17.2. The maximum atomic E-state index is 13.1. The van der Waals surface area contributed by atoms with Gasteiger partial charge in [0.2, 0.25) is 0 Å². The number of anilines is 1. The first-order chi connectivity index (χ1) is 24.4. The van der Waals surface area contributed by atoms with E-state index in [1.807, 2.05) is 72.8 Å². The van der Waals surface area contributed by atoms with Crippen molar-refractivity contribution in [3.63, 3.8) is 0 Å². The molecule has 0 aliphatic carbocycles. The summed E-state index contributed by atoms with van der Waals surface area (Å²) >= 11 is 0. The molecule has 3 N–H and O–H groups in total. The minimum absolute atomic E-state index is 0.0174. The predicted molar refractivity (Wildman–Crippen MR) is 191 cm³/mol. The predicted octanol–water partition coefficient (Wildman–Crippen LogP) is 5.45. The molecule has 4 atom stereocenters. The molecule has 0 spiro atoms. The fraction of sp³-hybridized carbons (Fsp3) is 0.350. The van der Waals surface area contributed by atoms with E-state index in [0.29, 0.717) is 18.5 Å². The van der Waals surface area contributed by atoms with Gasteiger partial charge in [-0.3, -0.25) is 9.80 Å². The Labute approximate surface area is 294 Å². The number of methoxy groups -OCH3 is 1. The fourth-order valence-electron chi connectivity index (χ4n) is 6.57. The van der Waals surface area contributed by atoms with Crippen LogP contribution in [0.25, 0.3) is 0 Å². The van der Waals surface area contributed by atoms with E-state index in [0.717, 1.165) is 61.5 Å². The number of aliphatic hydroxyl groups is 1. The molecule has 50 heavy (non-hydrogen) atoms. The van der Waals surface area contributed by atoms with Gasteiger partial charge in [-0.2, -0.15) is 0 Å². The minimum atomic E-state index is -0.852. The Kier molecular flexibility index (Phi) is 12.3. The van der Waals surface area contributed by atoms with Crippen LogP contribution in [0.5, 0.6) is 0 Å². The molecule has 262 valence electrons. The molecule has 0 bridgehead atoms. The Morgan fingerprint density at radius 1 is 0.800 bits per heavy atom. The lowest BCUT2D eigenvalue weighted by Crippen LogP contribution is -2.49. The zero-order chi connectivity index (χ0) is 34.7. The van der Waals surface area contributed by atoms with E-state index in [1.165, 1.54) is 12.7 Å². The van der Waals surface area contributed by atoms with Crippen LogP contribution in [0.1, 0.15) is 46.6 Å². The summed E-state index contributed by atoms with van der Waals surface area (Å²) in [6.45, 7) is 5.61. The normalized spacial score (nSPS) is 20.5. The van der Waals surface area contributed by atoms with Gasteiger partial charge in [-0.25, -0.2) is 9.59 Å². The maximum absolute atomic E-state index is 13.1. The van der Waals surface area contributed by atoms with E-state index in [4.69, 9.17) is 14.2 Å². The summed E-state index contributed by atoms with van der Waals surface area (Å²) in [5.41, 5.74) is 5.41. The number of ether oxygens (including phenoxy) is 3. The molecular formula is C40H46N4O6. The number of hydrogen-bond acceptors (Lipinski definition) is 8. The third kappa shape index (κ3) is 9.77. The van der Waals surface area contributed by atoms with Gasteiger partial charge in [0, 0.05) is 63.4 Å². The number of carbonyl (C=O) groups excluding carboxylic acids is 2. The van der Waals surface area contributed by atoms with Gasteiger partial charge in [-0.15, -0.1) is 0 Å². The highest BCUT2D eigenvalue weighted by molar-refractivity contribution is 5.92. The highest BCUT2D eigenvalue weighted by Gasteiger charge is 2.34. The molecule has 6 rings (SSSR count). The number of hydrogen-bond donors (Lipinski definition) is 3. The van der Waals surface area contributed by atoms with Crippen molar-refractivity contribution in [1.82, 2.24) is 15.1 Å². The number of amides is 2. The number of piperazine rings is 1. The molecule has 2 saturated heterocycles. The minimum Gasteiger partial charge on any atom is -0.467 e. The average Bonchev–Trinajstić information content (AvgIpc) is 3.16. The molecule has 4 aromatic carbocycles. The van der Waals surface area contributed by atoms with Gasteiger partial charge in [-0.1, -0.05) is 97.1 Å². The topological polar surface area (TPSA) is 113 Å². The van der Waals surface area contributed by atoms with Crippen molar-refractivity contribution in [3.05, 3.63) is 137 Å². The molecule has 2 amide bonds. The Morgan fingerprint density at radius 3 is 2.16 bits per heavy atom. The largest absolute Gasteiger partial charge is 0.467 e. The molecule has 4 aromatic rings. The molecule has 2 aliphatic rings. The summed E-state index contributed by atoms with van der Waals surface area (Å²) in [5, 5.41) is 15.2. The van der Waals surface area contributed by atoms with Gasteiger partial charge in [0.15, 0.2) is 6.29 Å². The van der Waals surface area contributed by atoms with E-state index < -0.39 is 24.3 Å². The van der Waals surface area contributed by atoms with Crippen molar-refractivity contribution in [1.29, 1.82) is 0 Å². The van der Waals surface area contributed by atoms with Crippen LogP contribution in [-0.2, 0) is 38.6 Å². The van der Waals surface area contributed by atoms with Gasteiger partial charge in [0.25, 0.3) is 0 Å². The number of carbonyl (C=O) groups is 2. The Morgan fingerprint density at radius 2 is 1.48 bits per heavy atom. The summed E-state index contributed by atoms with van der Waals surface area (Å²) in [6, 6.07) is 33.9. The molecule has 0 saturated carbocycles. The fourth-order valence-corrected chi connectivity index (χ4v) is 6.57. The monoisotopic (exact) mass is 678 g/mol. The third-order valence-corrected chi connectivity index (χ3v) is 9.28. The lowest BCUT2D eigenvalue weighted by atomic mass is 9.99. The number of aliphatic hydroxyl groups excluding tert-OH is 1. The molecule has 10 nitrogen and oxygen atoms in total. The van der Waals surface area contributed by atoms with Crippen LogP contribution in [0.2, 0.25) is 0 Å². The lowest BCUT2D eigenvalue weighted by molar-refractivity contribution is -0.253. The molecule has 2 aliphatic heterocycles. The van der Waals surface area contributed by atoms with Gasteiger partial charge in [0.1, 0.15) is 6.04 Å². The number of urea groups is 1. The number of benzene rings is 4. The number of rotatable bonds is 12. The summed E-state index contributed by atoms with van der Waals surface area (Å²) in [4.78, 5) is 30.5. The molecule has 2 fully saturated rings. The first-order valence-corrected chi connectivity index (χ1v) is 17.2. The van der Waals surface area contributed by atoms with E-state index >= 15 is 0 Å². The van der Waals surface area contributed by atoms with Gasteiger partial charge in [-0.05, 0) is 34.4 Å². The van der Waals surface area contributed by atoms with E-state index in [2.05, 4.69) is 50.8 Å². The summed E-state index contributed by atoms with van der Waals surface area (Å²) < 4.78 is 18.1. The van der Waals surface area contributed by atoms with Gasteiger partial charge < -0.3 is 30.0 Å². The second-order valence-corrected chi connectivity index (χ2v) is 12.9. The standard InChI is InChI=1S/C40H46N4O6/c1-48-38(46)36(23-29-9-4-2-5-10-29)42-40(47)41-34-14-8-13-33(24-34)39-49-35(25-37(50-39)32-17-15-31(28-45)16-18-32)27-44-21-19-43(20-22-44)26-30-11-6-3-7-12-30/h2-18,24,35-37,39,45H,19-23,25-28H2,1H3,(H2,41,42,47). The average molecular weight is 679 g/mol. The zero-order valence-corrected chi connectivity index (χ0v) is 28.4. The highest BCUT2D eigenvalue weighted by Crippen LogP contribution is 2.38. The Hall–Kier alpha value is -4.58. The van der Waals surface area contributed by atoms with Crippen molar-refractivity contribution in [2.75, 3.05) is 45.2 Å². The number of nitrogens with zero attached hydrogens (tertiary/aromatic N) is 2. The zero-order valence-electron chi connectivity index (χ0n) is 28.4. The molecule has 0 radical (unpaired) electrons. The first kappa shape index (κ1) is 35.3. The van der Waals surface area contributed by atoms with Gasteiger partial charge in [0.05, 0.1) is 25.9 Å². The maximum Gasteiger partial charge on any atom is 0.328 e. The second-order valence-electron chi connectivity index (χ2n) is 12.9. The van der Waals surface area contributed by atoms with Crippen LogP contribution >= 0.6 is 0 Å².